The number of Topliss-reactive ketones (excluding diaryl/α,β-unsaturated/α-hetero) is 1. The highest BCUT2D eigenvalue weighted by molar-refractivity contribution is 5.91. The summed E-state index contributed by atoms with van der Waals surface area (Å²) in [6.07, 6.45) is 5.83. The van der Waals surface area contributed by atoms with E-state index in [0.717, 1.165) is 37.8 Å². The molecule has 5 nitrogen and oxygen atoms in total. The smallest absolute Gasteiger partial charge is 0.331 e. The Labute approximate surface area is 112 Å². The molecule has 1 rings (SSSR count). The quantitative estimate of drug-likeness (QED) is 0.442. The van der Waals surface area contributed by atoms with Crippen molar-refractivity contribution in [2.24, 2.45) is 5.92 Å². The van der Waals surface area contributed by atoms with Crippen LogP contribution in [0.1, 0.15) is 39.0 Å². The highest BCUT2D eigenvalue weighted by atomic mass is 16.5. The molecule has 5 heteroatoms. The Balaban J connectivity index is 2.50. The van der Waals surface area contributed by atoms with Gasteiger partial charge in [0.1, 0.15) is 11.9 Å². The first kappa shape index (κ1) is 15.4. The molecule has 0 saturated heterocycles. The van der Waals surface area contributed by atoms with Gasteiger partial charge in [-0.15, -0.1) is 0 Å². The molecule has 0 aromatic rings. The summed E-state index contributed by atoms with van der Waals surface area (Å²) < 4.78 is 9.52. The fourth-order valence-electron chi connectivity index (χ4n) is 2.19. The largest absolute Gasteiger partial charge is 0.466 e. The fraction of sp³-hybridized carbons (Fsp3) is 0.643. The van der Waals surface area contributed by atoms with Crippen molar-refractivity contribution in [1.29, 1.82) is 0 Å². The van der Waals surface area contributed by atoms with Gasteiger partial charge in [-0.3, -0.25) is 4.79 Å². The molecule has 0 aliphatic heterocycles. The van der Waals surface area contributed by atoms with Gasteiger partial charge in [0.15, 0.2) is 0 Å². The Morgan fingerprint density at radius 1 is 1.21 bits per heavy atom. The van der Waals surface area contributed by atoms with Crippen LogP contribution in [0, 0.1) is 5.92 Å². The molecule has 1 aliphatic rings. The predicted octanol–water partition coefficient (Wildman–Crippen LogP) is 1.80. The highest BCUT2D eigenvalue weighted by Crippen LogP contribution is 2.24. The molecule has 19 heavy (non-hydrogen) atoms. The summed E-state index contributed by atoms with van der Waals surface area (Å²) in [5, 5.41) is 0. The van der Waals surface area contributed by atoms with E-state index in [0.29, 0.717) is 6.42 Å². The molecule has 1 saturated carbocycles. The zero-order chi connectivity index (χ0) is 14.3. The van der Waals surface area contributed by atoms with E-state index in [1.54, 1.807) is 6.92 Å². The molecule has 0 bridgehead atoms. The van der Waals surface area contributed by atoms with Gasteiger partial charge in [0, 0.05) is 18.6 Å². The molecule has 0 aromatic heterocycles. The van der Waals surface area contributed by atoms with E-state index in [2.05, 4.69) is 4.74 Å². The second-order valence-electron chi connectivity index (χ2n) is 4.67. The molecule has 2 atom stereocenters. The molecule has 0 spiro atoms. The fourth-order valence-corrected chi connectivity index (χ4v) is 2.19. The molecule has 0 heterocycles. The van der Waals surface area contributed by atoms with Gasteiger partial charge in [0.05, 0.1) is 13.0 Å². The molecule has 0 N–H and O–H groups in total. The van der Waals surface area contributed by atoms with Crippen LogP contribution in [0.5, 0.6) is 0 Å². The van der Waals surface area contributed by atoms with E-state index >= 15 is 0 Å². The van der Waals surface area contributed by atoms with E-state index < -0.39 is 18.0 Å². The normalized spacial score (nSPS) is 21.8. The minimum Gasteiger partial charge on any atom is -0.466 e. The Morgan fingerprint density at radius 3 is 2.58 bits per heavy atom. The van der Waals surface area contributed by atoms with E-state index in [4.69, 9.17) is 4.74 Å². The third-order valence-corrected chi connectivity index (χ3v) is 3.28. The van der Waals surface area contributed by atoms with Crippen molar-refractivity contribution < 1.29 is 23.9 Å². The van der Waals surface area contributed by atoms with Gasteiger partial charge in [-0.05, 0) is 19.8 Å². The van der Waals surface area contributed by atoms with E-state index in [9.17, 15) is 14.4 Å². The van der Waals surface area contributed by atoms with Crippen molar-refractivity contribution >= 4 is 17.7 Å². The third-order valence-electron chi connectivity index (χ3n) is 3.28. The summed E-state index contributed by atoms with van der Waals surface area (Å²) >= 11 is 0. The summed E-state index contributed by atoms with van der Waals surface area (Å²) in [6.45, 7) is 1.72. The van der Waals surface area contributed by atoms with Crippen molar-refractivity contribution in [3.8, 4) is 0 Å². The maximum Gasteiger partial charge on any atom is 0.331 e. The Morgan fingerprint density at radius 2 is 1.89 bits per heavy atom. The number of esters is 2. The number of ketones is 1. The molecule has 0 radical (unpaired) electrons. The van der Waals surface area contributed by atoms with Crippen molar-refractivity contribution in [3.05, 3.63) is 12.2 Å². The van der Waals surface area contributed by atoms with Gasteiger partial charge in [-0.25, -0.2) is 9.59 Å². The number of hydrogen-bond donors (Lipinski definition) is 0. The summed E-state index contributed by atoms with van der Waals surface area (Å²) in [6, 6.07) is 0. The Kier molecular flexibility index (Phi) is 6.25. The SMILES string of the molecule is COC(=O)/C=C\C(=O)OC(C)C1CCCCCC1=O. The number of hydrogen-bond acceptors (Lipinski definition) is 5. The van der Waals surface area contributed by atoms with Crippen LogP contribution in [0.3, 0.4) is 0 Å². The minimum atomic E-state index is -0.630. The molecule has 1 fully saturated rings. The number of rotatable bonds is 4. The highest BCUT2D eigenvalue weighted by Gasteiger charge is 2.28. The summed E-state index contributed by atoms with van der Waals surface area (Å²) in [7, 11) is 1.23. The van der Waals surface area contributed by atoms with E-state index in [-0.39, 0.29) is 11.7 Å². The maximum atomic E-state index is 11.9. The predicted molar refractivity (Wildman–Crippen MR) is 68.3 cm³/mol. The molecule has 0 aromatic carbocycles. The number of ether oxygens (including phenoxy) is 2. The lowest BCUT2D eigenvalue weighted by molar-refractivity contribution is -0.147. The van der Waals surface area contributed by atoms with Crippen LogP contribution in [-0.4, -0.2) is 30.9 Å². The average molecular weight is 268 g/mol. The molecule has 2 unspecified atom stereocenters. The lowest BCUT2D eigenvalue weighted by atomic mass is 9.94. The van der Waals surface area contributed by atoms with Gasteiger partial charge < -0.3 is 9.47 Å². The number of methoxy groups -OCH3 is 1. The summed E-state index contributed by atoms with van der Waals surface area (Å²) in [5.74, 6) is -1.31. The Bertz CT molecular complexity index is 372. The van der Waals surface area contributed by atoms with Gasteiger partial charge >= 0.3 is 11.9 Å². The van der Waals surface area contributed by atoms with Crippen LogP contribution in [0.25, 0.3) is 0 Å². The van der Waals surface area contributed by atoms with Gasteiger partial charge in [-0.2, -0.15) is 0 Å². The van der Waals surface area contributed by atoms with Crippen LogP contribution >= 0.6 is 0 Å². The molecular formula is C14H20O5. The maximum absolute atomic E-state index is 11.9. The zero-order valence-electron chi connectivity index (χ0n) is 11.4. The second-order valence-corrected chi connectivity index (χ2v) is 4.67. The lowest BCUT2D eigenvalue weighted by Gasteiger charge is -2.20. The first-order chi connectivity index (χ1) is 9.04. The van der Waals surface area contributed by atoms with Gasteiger partial charge in [0.25, 0.3) is 0 Å². The number of carbonyl (C=O) groups excluding carboxylic acids is 3. The average Bonchev–Trinajstić information content (AvgIpc) is 2.60. The second kappa shape index (κ2) is 7.71. The minimum absolute atomic E-state index is 0.162. The Hall–Kier alpha value is -1.65. The standard InChI is InChI=1S/C14H20O5/c1-10(11-6-4-3-5-7-12(11)15)19-14(17)9-8-13(16)18-2/h8-11H,3-7H2,1-2H3/b9-8-. The molecule has 1 aliphatic carbocycles. The monoisotopic (exact) mass is 268 g/mol. The van der Waals surface area contributed by atoms with Crippen LogP contribution in [0.15, 0.2) is 12.2 Å². The third kappa shape index (κ3) is 5.24. The van der Waals surface area contributed by atoms with Gasteiger partial charge in [0.2, 0.25) is 0 Å². The molecule has 0 amide bonds. The van der Waals surface area contributed by atoms with Crippen molar-refractivity contribution in [1.82, 2.24) is 0 Å². The first-order valence-electron chi connectivity index (χ1n) is 6.54. The summed E-state index contributed by atoms with van der Waals surface area (Å²) in [4.78, 5) is 34.2. The topological polar surface area (TPSA) is 69.7 Å². The van der Waals surface area contributed by atoms with E-state index in [1.807, 2.05) is 0 Å². The zero-order valence-corrected chi connectivity index (χ0v) is 11.4. The number of carbonyl (C=O) groups is 3. The van der Waals surface area contributed by atoms with Crippen LogP contribution in [-0.2, 0) is 23.9 Å². The molecular weight excluding hydrogens is 248 g/mol. The first-order valence-corrected chi connectivity index (χ1v) is 6.54. The summed E-state index contributed by atoms with van der Waals surface area (Å²) in [5.41, 5.74) is 0. The van der Waals surface area contributed by atoms with Gasteiger partial charge in [-0.1, -0.05) is 12.8 Å². The van der Waals surface area contributed by atoms with Crippen molar-refractivity contribution in [2.45, 2.75) is 45.1 Å². The van der Waals surface area contributed by atoms with E-state index in [1.165, 1.54) is 7.11 Å². The van der Waals surface area contributed by atoms with Crippen LogP contribution in [0.2, 0.25) is 0 Å². The van der Waals surface area contributed by atoms with Crippen molar-refractivity contribution in [2.75, 3.05) is 7.11 Å². The molecule has 106 valence electrons. The van der Waals surface area contributed by atoms with Crippen molar-refractivity contribution in [3.63, 3.8) is 0 Å². The van der Waals surface area contributed by atoms with Crippen LogP contribution in [0.4, 0.5) is 0 Å². The van der Waals surface area contributed by atoms with Crippen LogP contribution < -0.4 is 0 Å². The lowest BCUT2D eigenvalue weighted by Crippen LogP contribution is -2.29.